The highest BCUT2D eigenvalue weighted by Gasteiger charge is 2.10. The minimum absolute atomic E-state index is 0.109. The van der Waals surface area contributed by atoms with Crippen LogP contribution in [0.4, 0.5) is 0 Å². The van der Waals surface area contributed by atoms with E-state index in [1.54, 1.807) is 30.2 Å². The smallest absolute Gasteiger partial charge is 0.227 e. The van der Waals surface area contributed by atoms with Crippen molar-refractivity contribution in [2.75, 3.05) is 13.6 Å². The van der Waals surface area contributed by atoms with E-state index in [4.69, 9.17) is 5.11 Å². The van der Waals surface area contributed by atoms with E-state index in [-0.39, 0.29) is 12.0 Å². The molecule has 0 spiro atoms. The van der Waals surface area contributed by atoms with Gasteiger partial charge in [-0.25, -0.2) is 0 Å². The minimum Gasteiger partial charge on any atom is -0.393 e. The number of hydrogen-bond donors (Lipinski definition) is 1. The molecule has 0 aliphatic carbocycles. The molecule has 0 aliphatic rings. The highest BCUT2D eigenvalue weighted by molar-refractivity contribution is 7.10. The molecule has 1 N–H and O–H groups in total. The summed E-state index contributed by atoms with van der Waals surface area (Å²) in [6.45, 7) is 2.35. The van der Waals surface area contributed by atoms with Crippen LogP contribution >= 0.6 is 11.3 Å². The highest BCUT2D eigenvalue weighted by Crippen LogP contribution is 2.10. The molecule has 1 heterocycles. The van der Waals surface area contributed by atoms with Gasteiger partial charge in [-0.05, 0) is 24.8 Å². The molecule has 3 nitrogen and oxygen atoms in total. The molecular weight excluding hydrogens is 210 g/mol. The molecule has 1 rings (SSSR count). The van der Waals surface area contributed by atoms with Crippen LogP contribution in [0.2, 0.25) is 0 Å². The largest absolute Gasteiger partial charge is 0.393 e. The second-order valence-electron chi connectivity index (χ2n) is 3.71. The molecule has 1 atom stereocenters. The summed E-state index contributed by atoms with van der Waals surface area (Å²) in [5, 5.41) is 11.1. The SMILES string of the molecule is CC(O)CCN(C)C(=O)Cc1cccs1. The van der Waals surface area contributed by atoms with E-state index in [2.05, 4.69) is 0 Å². The van der Waals surface area contributed by atoms with Crippen LogP contribution in [0.5, 0.6) is 0 Å². The first kappa shape index (κ1) is 12.2. The van der Waals surface area contributed by atoms with Crippen LogP contribution in [-0.2, 0) is 11.2 Å². The quantitative estimate of drug-likeness (QED) is 0.828. The average Bonchev–Trinajstić information content (AvgIpc) is 2.66. The van der Waals surface area contributed by atoms with Gasteiger partial charge in [0, 0.05) is 18.5 Å². The van der Waals surface area contributed by atoms with E-state index in [0.29, 0.717) is 19.4 Å². The number of amides is 1. The van der Waals surface area contributed by atoms with Crippen LogP contribution < -0.4 is 0 Å². The van der Waals surface area contributed by atoms with Gasteiger partial charge >= 0.3 is 0 Å². The highest BCUT2D eigenvalue weighted by atomic mass is 32.1. The van der Waals surface area contributed by atoms with Crippen molar-refractivity contribution in [2.45, 2.75) is 25.9 Å². The Labute approximate surface area is 94.3 Å². The Morgan fingerprint density at radius 3 is 2.93 bits per heavy atom. The fourth-order valence-corrected chi connectivity index (χ4v) is 1.90. The summed E-state index contributed by atoms with van der Waals surface area (Å²) in [6, 6.07) is 3.91. The molecule has 4 heteroatoms. The molecule has 0 saturated heterocycles. The summed E-state index contributed by atoms with van der Waals surface area (Å²) < 4.78 is 0. The van der Waals surface area contributed by atoms with Crippen LogP contribution in [0.3, 0.4) is 0 Å². The van der Waals surface area contributed by atoms with Crippen molar-refractivity contribution in [3.63, 3.8) is 0 Å². The summed E-state index contributed by atoms with van der Waals surface area (Å²) in [6.07, 6.45) is 0.752. The van der Waals surface area contributed by atoms with Crippen molar-refractivity contribution in [3.05, 3.63) is 22.4 Å². The zero-order valence-corrected chi connectivity index (χ0v) is 9.96. The zero-order valence-electron chi connectivity index (χ0n) is 9.14. The van der Waals surface area contributed by atoms with Gasteiger partial charge in [0.1, 0.15) is 0 Å². The number of aliphatic hydroxyl groups is 1. The number of rotatable bonds is 5. The first-order valence-electron chi connectivity index (χ1n) is 5.04. The van der Waals surface area contributed by atoms with Gasteiger partial charge in [0.15, 0.2) is 0 Å². The van der Waals surface area contributed by atoms with Gasteiger partial charge in [0.2, 0.25) is 5.91 Å². The number of carbonyl (C=O) groups excluding carboxylic acids is 1. The third-order valence-electron chi connectivity index (χ3n) is 2.21. The lowest BCUT2D eigenvalue weighted by atomic mass is 10.2. The van der Waals surface area contributed by atoms with Gasteiger partial charge in [-0.2, -0.15) is 0 Å². The number of likely N-dealkylation sites (N-methyl/N-ethyl adjacent to an activating group) is 1. The number of thiophene rings is 1. The lowest BCUT2D eigenvalue weighted by Gasteiger charge is -2.17. The van der Waals surface area contributed by atoms with Crippen molar-refractivity contribution in [2.24, 2.45) is 0 Å². The summed E-state index contributed by atoms with van der Waals surface area (Å²) in [7, 11) is 1.78. The minimum atomic E-state index is -0.345. The van der Waals surface area contributed by atoms with E-state index in [1.165, 1.54) is 0 Å². The van der Waals surface area contributed by atoms with E-state index in [1.807, 2.05) is 17.5 Å². The van der Waals surface area contributed by atoms with Crippen molar-refractivity contribution in [3.8, 4) is 0 Å². The normalized spacial score (nSPS) is 12.5. The number of hydrogen-bond acceptors (Lipinski definition) is 3. The van der Waals surface area contributed by atoms with Gasteiger partial charge in [-0.1, -0.05) is 6.07 Å². The fraction of sp³-hybridized carbons (Fsp3) is 0.545. The maximum atomic E-state index is 11.7. The molecule has 15 heavy (non-hydrogen) atoms. The van der Waals surface area contributed by atoms with Crippen LogP contribution in [0, 0.1) is 0 Å². The van der Waals surface area contributed by atoms with E-state index < -0.39 is 0 Å². The van der Waals surface area contributed by atoms with Crippen molar-refractivity contribution < 1.29 is 9.90 Å². The molecule has 0 aromatic carbocycles. The third-order valence-corrected chi connectivity index (χ3v) is 3.09. The van der Waals surface area contributed by atoms with Crippen molar-refractivity contribution >= 4 is 17.2 Å². The number of carbonyl (C=O) groups is 1. The van der Waals surface area contributed by atoms with E-state index in [0.717, 1.165) is 4.88 Å². The molecule has 0 bridgehead atoms. The standard InChI is InChI=1S/C11H17NO2S/c1-9(13)5-6-12(2)11(14)8-10-4-3-7-15-10/h3-4,7,9,13H,5-6,8H2,1-2H3. The van der Waals surface area contributed by atoms with Crippen LogP contribution in [0.25, 0.3) is 0 Å². The van der Waals surface area contributed by atoms with Crippen LogP contribution in [0.1, 0.15) is 18.2 Å². The summed E-state index contributed by atoms with van der Waals surface area (Å²) in [5.74, 6) is 0.109. The molecule has 1 amide bonds. The Bertz CT molecular complexity index is 296. The topological polar surface area (TPSA) is 40.5 Å². The second-order valence-corrected chi connectivity index (χ2v) is 4.74. The number of nitrogens with zero attached hydrogens (tertiary/aromatic N) is 1. The van der Waals surface area contributed by atoms with Gasteiger partial charge in [-0.3, -0.25) is 4.79 Å². The molecule has 1 aromatic rings. The Morgan fingerprint density at radius 1 is 1.67 bits per heavy atom. The molecule has 1 unspecified atom stereocenters. The molecule has 1 aromatic heterocycles. The first-order valence-corrected chi connectivity index (χ1v) is 5.92. The maximum Gasteiger partial charge on any atom is 0.227 e. The van der Waals surface area contributed by atoms with Crippen molar-refractivity contribution in [1.82, 2.24) is 4.90 Å². The molecule has 0 fully saturated rings. The summed E-state index contributed by atoms with van der Waals surface area (Å²) in [4.78, 5) is 14.4. The summed E-state index contributed by atoms with van der Waals surface area (Å²) in [5.41, 5.74) is 0. The van der Waals surface area contributed by atoms with E-state index in [9.17, 15) is 4.79 Å². The van der Waals surface area contributed by atoms with Gasteiger partial charge in [0.05, 0.1) is 12.5 Å². The number of aliphatic hydroxyl groups excluding tert-OH is 1. The van der Waals surface area contributed by atoms with Crippen LogP contribution in [0.15, 0.2) is 17.5 Å². The third kappa shape index (κ3) is 4.44. The molecular formula is C11H17NO2S. The molecule has 0 aliphatic heterocycles. The Kier molecular flexibility index (Phi) is 4.78. The lowest BCUT2D eigenvalue weighted by molar-refractivity contribution is -0.129. The second kappa shape index (κ2) is 5.88. The predicted octanol–water partition coefficient (Wildman–Crippen LogP) is 1.52. The van der Waals surface area contributed by atoms with Gasteiger partial charge < -0.3 is 10.0 Å². The first-order chi connectivity index (χ1) is 7.09. The maximum absolute atomic E-state index is 11.7. The predicted molar refractivity (Wildman–Crippen MR) is 62.0 cm³/mol. The molecule has 0 radical (unpaired) electrons. The lowest BCUT2D eigenvalue weighted by Crippen LogP contribution is -2.30. The Hall–Kier alpha value is -0.870. The van der Waals surface area contributed by atoms with Crippen LogP contribution in [-0.4, -0.2) is 35.6 Å². The fourth-order valence-electron chi connectivity index (χ4n) is 1.20. The molecule has 84 valence electrons. The summed E-state index contributed by atoms with van der Waals surface area (Å²) >= 11 is 1.60. The van der Waals surface area contributed by atoms with Gasteiger partial charge in [-0.15, -0.1) is 11.3 Å². The zero-order chi connectivity index (χ0) is 11.3. The van der Waals surface area contributed by atoms with Crippen molar-refractivity contribution in [1.29, 1.82) is 0 Å². The Balaban J connectivity index is 2.33. The van der Waals surface area contributed by atoms with E-state index >= 15 is 0 Å². The monoisotopic (exact) mass is 227 g/mol. The average molecular weight is 227 g/mol. The Morgan fingerprint density at radius 2 is 2.40 bits per heavy atom. The van der Waals surface area contributed by atoms with Gasteiger partial charge in [0.25, 0.3) is 0 Å². The molecule has 0 saturated carbocycles.